The molecule has 1 atom stereocenters. The smallest absolute Gasteiger partial charge is 0.315 e. The first-order valence-corrected chi connectivity index (χ1v) is 11.5. The normalized spacial score (nSPS) is 15.3. The van der Waals surface area contributed by atoms with E-state index in [2.05, 4.69) is 20.5 Å². The number of hydrogen-bond acceptors (Lipinski definition) is 5. The van der Waals surface area contributed by atoms with Gasteiger partial charge < -0.3 is 26.0 Å². The number of benzene rings is 2. The summed E-state index contributed by atoms with van der Waals surface area (Å²) in [7, 11) is 0. The van der Waals surface area contributed by atoms with E-state index < -0.39 is 0 Å². The van der Waals surface area contributed by atoms with Crippen LogP contribution in [0.15, 0.2) is 66.9 Å². The van der Waals surface area contributed by atoms with Crippen LogP contribution < -0.4 is 26.0 Å². The zero-order chi connectivity index (χ0) is 24.6. The maximum Gasteiger partial charge on any atom is 0.315 e. The number of aromatic nitrogens is 1. The minimum Gasteiger partial charge on any atom is -0.439 e. The fraction of sp³-hybridized carbons (Fsp3) is 0.269. The van der Waals surface area contributed by atoms with Gasteiger partial charge in [-0.25, -0.2) is 14.2 Å². The molecule has 3 amide bonds. The SMILES string of the molecule is NC(=O)[C@H]1CCCN(c2ccc(CNC(=O)NCc3ccc(Oc4cccc(F)c4)nc3)cc2)C1. The monoisotopic (exact) mass is 477 g/mol. The molecule has 2 heterocycles. The summed E-state index contributed by atoms with van der Waals surface area (Å²) in [5.74, 6) is -0.0410. The molecule has 0 spiro atoms. The minimum atomic E-state index is -0.384. The molecule has 1 fully saturated rings. The number of nitrogens with zero attached hydrogens (tertiary/aromatic N) is 2. The highest BCUT2D eigenvalue weighted by Crippen LogP contribution is 2.23. The average molecular weight is 478 g/mol. The molecule has 0 saturated carbocycles. The summed E-state index contributed by atoms with van der Waals surface area (Å²) in [6.07, 6.45) is 3.37. The Morgan fingerprint density at radius 3 is 2.49 bits per heavy atom. The van der Waals surface area contributed by atoms with Crippen molar-refractivity contribution in [3.8, 4) is 11.6 Å². The molecule has 0 radical (unpaired) electrons. The van der Waals surface area contributed by atoms with E-state index in [1.807, 2.05) is 24.3 Å². The van der Waals surface area contributed by atoms with Gasteiger partial charge in [-0.2, -0.15) is 0 Å². The van der Waals surface area contributed by atoms with E-state index in [1.165, 1.54) is 12.1 Å². The Hall–Kier alpha value is -4.14. The Balaban J connectivity index is 1.20. The molecular weight excluding hydrogens is 449 g/mol. The zero-order valence-corrected chi connectivity index (χ0v) is 19.2. The first-order chi connectivity index (χ1) is 17.0. The predicted molar refractivity (Wildman–Crippen MR) is 130 cm³/mol. The van der Waals surface area contributed by atoms with Gasteiger partial charge in [0.15, 0.2) is 0 Å². The lowest BCUT2D eigenvalue weighted by Gasteiger charge is -2.33. The summed E-state index contributed by atoms with van der Waals surface area (Å²) in [6, 6.07) is 16.9. The Morgan fingerprint density at radius 1 is 1.06 bits per heavy atom. The summed E-state index contributed by atoms with van der Waals surface area (Å²) in [5.41, 5.74) is 8.28. The number of piperidine rings is 1. The number of hydrogen-bond donors (Lipinski definition) is 3. The van der Waals surface area contributed by atoms with E-state index in [-0.39, 0.29) is 23.7 Å². The van der Waals surface area contributed by atoms with E-state index in [0.29, 0.717) is 31.3 Å². The molecule has 2 aromatic carbocycles. The van der Waals surface area contributed by atoms with Crippen molar-refractivity contribution < 1.29 is 18.7 Å². The molecule has 0 aliphatic carbocycles. The molecule has 3 aromatic rings. The number of ether oxygens (including phenoxy) is 1. The summed E-state index contributed by atoms with van der Waals surface area (Å²) in [5, 5.41) is 5.63. The standard InChI is InChI=1S/C26H28FN5O3/c27-21-4-1-5-23(13-21)35-24-11-8-19(15-29-24)16-31-26(34)30-14-18-6-9-22(10-7-18)32-12-2-3-20(17-32)25(28)33/h1,4-11,13,15,20H,2-3,12,14,16-17H2,(H2,28,33)(H2,30,31,34)/t20-/m0/s1. The van der Waals surface area contributed by atoms with Crippen molar-refractivity contribution in [2.75, 3.05) is 18.0 Å². The second-order valence-electron chi connectivity index (χ2n) is 8.45. The van der Waals surface area contributed by atoms with Crippen molar-refractivity contribution in [2.24, 2.45) is 11.7 Å². The average Bonchev–Trinajstić information content (AvgIpc) is 2.87. The fourth-order valence-electron chi connectivity index (χ4n) is 3.92. The lowest BCUT2D eigenvalue weighted by atomic mass is 9.97. The summed E-state index contributed by atoms with van der Waals surface area (Å²) >= 11 is 0. The molecule has 182 valence electrons. The van der Waals surface area contributed by atoms with Gasteiger partial charge in [0.2, 0.25) is 11.8 Å². The molecule has 1 aliphatic heterocycles. The summed E-state index contributed by atoms with van der Waals surface area (Å²) in [4.78, 5) is 30.1. The number of pyridine rings is 1. The van der Waals surface area contributed by atoms with Crippen LogP contribution in [0, 0.1) is 11.7 Å². The Kier molecular flexibility index (Phi) is 7.77. The van der Waals surface area contributed by atoms with Gasteiger partial charge in [0, 0.05) is 50.2 Å². The lowest BCUT2D eigenvalue weighted by Crippen LogP contribution is -2.41. The largest absolute Gasteiger partial charge is 0.439 e. The molecule has 35 heavy (non-hydrogen) atoms. The van der Waals surface area contributed by atoms with Gasteiger partial charge in [-0.15, -0.1) is 0 Å². The van der Waals surface area contributed by atoms with Crippen molar-refractivity contribution in [2.45, 2.75) is 25.9 Å². The van der Waals surface area contributed by atoms with Crippen LogP contribution in [-0.2, 0) is 17.9 Å². The van der Waals surface area contributed by atoms with Crippen molar-refractivity contribution in [1.29, 1.82) is 0 Å². The van der Waals surface area contributed by atoms with Crippen molar-refractivity contribution in [3.63, 3.8) is 0 Å². The van der Waals surface area contributed by atoms with Gasteiger partial charge in [-0.3, -0.25) is 4.79 Å². The highest BCUT2D eigenvalue weighted by Gasteiger charge is 2.24. The Labute approximate surface area is 203 Å². The zero-order valence-electron chi connectivity index (χ0n) is 19.2. The van der Waals surface area contributed by atoms with Crippen LogP contribution in [0.25, 0.3) is 0 Å². The molecule has 8 nitrogen and oxygen atoms in total. The topological polar surface area (TPSA) is 110 Å². The number of anilines is 1. The van der Waals surface area contributed by atoms with Crippen molar-refractivity contribution >= 4 is 17.6 Å². The number of halogens is 1. The third-order valence-electron chi connectivity index (χ3n) is 5.85. The Bertz CT molecular complexity index is 1150. The van der Waals surface area contributed by atoms with Gasteiger partial charge in [0.05, 0.1) is 5.92 Å². The van der Waals surface area contributed by atoms with Crippen LogP contribution in [0.5, 0.6) is 11.6 Å². The van der Waals surface area contributed by atoms with E-state index in [4.69, 9.17) is 10.5 Å². The molecule has 4 rings (SSSR count). The third-order valence-corrected chi connectivity index (χ3v) is 5.85. The van der Waals surface area contributed by atoms with E-state index in [0.717, 1.165) is 36.2 Å². The number of carbonyl (C=O) groups excluding carboxylic acids is 2. The second kappa shape index (κ2) is 11.3. The molecular formula is C26H28FN5O3. The van der Waals surface area contributed by atoms with E-state index in [9.17, 15) is 14.0 Å². The number of carbonyl (C=O) groups is 2. The second-order valence-corrected chi connectivity index (χ2v) is 8.45. The molecule has 4 N–H and O–H groups in total. The van der Waals surface area contributed by atoms with Crippen LogP contribution in [0.1, 0.15) is 24.0 Å². The molecule has 1 aromatic heterocycles. The highest BCUT2D eigenvalue weighted by atomic mass is 19.1. The number of rotatable bonds is 8. The number of urea groups is 1. The van der Waals surface area contributed by atoms with Gasteiger partial charge >= 0.3 is 6.03 Å². The van der Waals surface area contributed by atoms with Crippen LogP contribution in [0.4, 0.5) is 14.9 Å². The van der Waals surface area contributed by atoms with Crippen LogP contribution in [0.3, 0.4) is 0 Å². The predicted octanol–water partition coefficient (Wildman–Crippen LogP) is 3.71. The van der Waals surface area contributed by atoms with E-state index >= 15 is 0 Å². The molecule has 0 unspecified atom stereocenters. The summed E-state index contributed by atoms with van der Waals surface area (Å²) < 4.78 is 18.8. The van der Waals surface area contributed by atoms with Crippen molar-refractivity contribution in [1.82, 2.24) is 15.6 Å². The number of primary amides is 1. The fourth-order valence-corrected chi connectivity index (χ4v) is 3.92. The Morgan fingerprint density at radius 2 is 1.80 bits per heavy atom. The summed E-state index contributed by atoms with van der Waals surface area (Å²) in [6.45, 7) is 2.22. The van der Waals surface area contributed by atoms with Crippen LogP contribution in [-0.4, -0.2) is 30.0 Å². The third kappa shape index (κ3) is 6.92. The maximum absolute atomic E-state index is 13.3. The van der Waals surface area contributed by atoms with Crippen LogP contribution >= 0.6 is 0 Å². The number of nitrogens with two attached hydrogens (primary N) is 1. The molecule has 0 bridgehead atoms. The van der Waals surface area contributed by atoms with E-state index in [1.54, 1.807) is 30.5 Å². The minimum absolute atomic E-state index is 0.110. The van der Waals surface area contributed by atoms with Crippen molar-refractivity contribution in [3.05, 3.63) is 83.8 Å². The number of amides is 3. The van der Waals surface area contributed by atoms with Crippen LogP contribution in [0.2, 0.25) is 0 Å². The van der Waals surface area contributed by atoms with Gasteiger partial charge in [0.1, 0.15) is 11.6 Å². The number of nitrogens with one attached hydrogen (secondary N) is 2. The van der Waals surface area contributed by atoms with Gasteiger partial charge in [-0.05, 0) is 48.2 Å². The highest BCUT2D eigenvalue weighted by molar-refractivity contribution is 5.77. The van der Waals surface area contributed by atoms with Gasteiger partial charge in [0.25, 0.3) is 0 Å². The molecule has 1 saturated heterocycles. The first-order valence-electron chi connectivity index (χ1n) is 11.5. The first kappa shape index (κ1) is 24.0. The quantitative estimate of drug-likeness (QED) is 0.458. The molecule has 9 heteroatoms. The molecule has 1 aliphatic rings. The maximum atomic E-state index is 13.3. The lowest BCUT2D eigenvalue weighted by molar-refractivity contribution is -0.122. The van der Waals surface area contributed by atoms with Gasteiger partial charge in [-0.1, -0.05) is 24.3 Å².